The van der Waals surface area contributed by atoms with E-state index in [1.807, 2.05) is 0 Å². The van der Waals surface area contributed by atoms with Crippen LogP contribution >= 0.6 is 0 Å². The Morgan fingerprint density at radius 3 is 2.26 bits per heavy atom. The number of rotatable bonds is 2. The highest BCUT2D eigenvalue weighted by Crippen LogP contribution is 2.32. The Balaban J connectivity index is 3.11. The van der Waals surface area contributed by atoms with Crippen molar-refractivity contribution in [2.75, 3.05) is 0 Å². The van der Waals surface area contributed by atoms with Crippen LogP contribution in [0.5, 0.6) is 0 Å². The maximum Gasteiger partial charge on any atom is 0.419 e. The first-order valence-corrected chi connectivity index (χ1v) is 6.46. The molecule has 1 aromatic carbocycles. The molecule has 0 unspecified atom stereocenters. The largest absolute Gasteiger partial charge is 0.419 e. The van der Waals surface area contributed by atoms with Crippen molar-refractivity contribution in [1.29, 1.82) is 0 Å². The Morgan fingerprint density at radius 2 is 1.79 bits per heavy atom. The van der Waals surface area contributed by atoms with Gasteiger partial charge < -0.3 is 0 Å². The van der Waals surface area contributed by atoms with Crippen molar-refractivity contribution in [1.82, 2.24) is 0 Å². The SMILES string of the molecule is CC(C)(C)[S@@](=O)N=Cc1cccc(C(F)(F)F)c1F. The minimum atomic E-state index is -4.77. The predicted octanol–water partition coefficient (Wildman–Crippen LogP) is 3.73. The van der Waals surface area contributed by atoms with E-state index in [4.69, 9.17) is 0 Å². The zero-order chi connectivity index (χ0) is 14.8. The van der Waals surface area contributed by atoms with E-state index in [0.29, 0.717) is 6.07 Å². The summed E-state index contributed by atoms with van der Waals surface area (Å²) in [4.78, 5) is 0. The lowest BCUT2D eigenvalue weighted by Gasteiger charge is -2.13. The van der Waals surface area contributed by atoms with Crippen LogP contribution in [-0.2, 0) is 17.2 Å². The Labute approximate surface area is 111 Å². The summed E-state index contributed by atoms with van der Waals surface area (Å²) >= 11 is 0. The first-order valence-electron chi connectivity index (χ1n) is 5.35. The van der Waals surface area contributed by atoms with E-state index < -0.39 is 33.3 Å². The number of nitrogens with zero attached hydrogens (tertiary/aromatic N) is 1. The molecule has 0 spiro atoms. The summed E-state index contributed by atoms with van der Waals surface area (Å²) in [6.07, 6.45) is -3.90. The Morgan fingerprint density at radius 1 is 1.21 bits per heavy atom. The molecule has 0 heterocycles. The molecule has 19 heavy (non-hydrogen) atoms. The van der Waals surface area contributed by atoms with Crippen LogP contribution in [0.4, 0.5) is 17.6 Å². The van der Waals surface area contributed by atoms with E-state index in [9.17, 15) is 21.8 Å². The van der Waals surface area contributed by atoms with Crippen LogP contribution in [0.15, 0.2) is 22.6 Å². The molecule has 0 aliphatic carbocycles. The van der Waals surface area contributed by atoms with Crippen LogP contribution in [0.25, 0.3) is 0 Å². The molecule has 0 saturated carbocycles. The molecular weight excluding hydrogens is 282 g/mol. The van der Waals surface area contributed by atoms with Crippen molar-refractivity contribution in [3.05, 3.63) is 35.1 Å². The first-order chi connectivity index (χ1) is 8.53. The molecule has 0 aliphatic heterocycles. The fourth-order valence-electron chi connectivity index (χ4n) is 1.13. The van der Waals surface area contributed by atoms with Crippen molar-refractivity contribution in [3.8, 4) is 0 Å². The van der Waals surface area contributed by atoms with Crippen LogP contribution in [0.2, 0.25) is 0 Å². The van der Waals surface area contributed by atoms with E-state index >= 15 is 0 Å². The molecule has 1 rings (SSSR count). The second kappa shape index (κ2) is 5.40. The molecule has 0 fully saturated rings. The van der Waals surface area contributed by atoms with E-state index in [2.05, 4.69) is 4.40 Å². The second-order valence-electron chi connectivity index (χ2n) is 4.80. The van der Waals surface area contributed by atoms with Gasteiger partial charge in [-0.05, 0) is 26.8 Å². The maximum absolute atomic E-state index is 13.6. The molecule has 0 aromatic heterocycles. The third-order valence-electron chi connectivity index (χ3n) is 2.15. The van der Waals surface area contributed by atoms with Gasteiger partial charge in [0, 0.05) is 11.8 Å². The van der Waals surface area contributed by atoms with E-state index in [1.165, 1.54) is 0 Å². The average Bonchev–Trinajstić information content (AvgIpc) is 2.24. The quantitative estimate of drug-likeness (QED) is 0.604. The summed E-state index contributed by atoms with van der Waals surface area (Å²) in [6.45, 7) is 4.97. The van der Waals surface area contributed by atoms with Gasteiger partial charge in [-0.1, -0.05) is 12.1 Å². The highest BCUT2D eigenvalue weighted by atomic mass is 32.2. The molecule has 1 aromatic rings. The smallest absolute Gasteiger partial charge is 0.234 e. The molecule has 0 aliphatic rings. The van der Waals surface area contributed by atoms with Gasteiger partial charge in [0.15, 0.2) is 0 Å². The number of halogens is 4. The molecule has 106 valence electrons. The van der Waals surface area contributed by atoms with E-state index in [0.717, 1.165) is 18.3 Å². The average molecular weight is 295 g/mol. The summed E-state index contributed by atoms with van der Waals surface area (Å²) in [6, 6.07) is 2.87. The van der Waals surface area contributed by atoms with Crippen LogP contribution in [-0.4, -0.2) is 15.2 Å². The summed E-state index contributed by atoms with van der Waals surface area (Å²) in [5, 5.41) is 0. The Hall–Kier alpha value is -1.24. The molecule has 0 bridgehead atoms. The molecule has 2 nitrogen and oxygen atoms in total. The third kappa shape index (κ3) is 4.12. The van der Waals surface area contributed by atoms with Gasteiger partial charge in [0.1, 0.15) is 16.8 Å². The highest BCUT2D eigenvalue weighted by Gasteiger charge is 2.34. The number of alkyl halides is 3. The fraction of sp³-hybridized carbons (Fsp3) is 0.417. The maximum atomic E-state index is 13.6. The fourth-order valence-corrected chi connectivity index (χ4v) is 1.66. The second-order valence-corrected chi connectivity index (χ2v) is 6.74. The lowest BCUT2D eigenvalue weighted by molar-refractivity contribution is -0.140. The predicted molar refractivity (Wildman–Crippen MR) is 66.9 cm³/mol. The van der Waals surface area contributed by atoms with E-state index in [1.54, 1.807) is 20.8 Å². The summed E-state index contributed by atoms with van der Waals surface area (Å²) in [5.41, 5.74) is -1.70. The van der Waals surface area contributed by atoms with Crippen LogP contribution in [0, 0.1) is 5.82 Å². The molecular formula is C12H13F4NOS. The van der Waals surface area contributed by atoms with Crippen LogP contribution in [0.1, 0.15) is 31.9 Å². The van der Waals surface area contributed by atoms with Gasteiger partial charge >= 0.3 is 6.18 Å². The van der Waals surface area contributed by atoms with Gasteiger partial charge in [-0.15, -0.1) is 0 Å². The lowest BCUT2D eigenvalue weighted by Crippen LogP contribution is -2.19. The van der Waals surface area contributed by atoms with Gasteiger partial charge in [-0.3, -0.25) is 0 Å². The van der Waals surface area contributed by atoms with Crippen LogP contribution in [0.3, 0.4) is 0 Å². The van der Waals surface area contributed by atoms with Gasteiger partial charge in [0.2, 0.25) is 0 Å². The van der Waals surface area contributed by atoms with Crippen molar-refractivity contribution >= 4 is 17.2 Å². The van der Waals surface area contributed by atoms with E-state index in [-0.39, 0.29) is 5.56 Å². The zero-order valence-electron chi connectivity index (χ0n) is 10.6. The summed E-state index contributed by atoms with van der Waals surface area (Å²) < 4.78 is 65.6. The van der Waals surface area contributed by atoms with Gasteiger partial charge in [-0.25, -0.2) is 8.60 Å². The molecule has 0 amide bonds. The molecule has 0 radical (unpaired) electrons. The van der Waals surface area contributed by atoms with Crippen molar-refractivity contribution < 1.29 is 21.8 Å². The minimum Gasteiger partial charge on any atom is -0.234 e. The minimum absolute atomic E-state index is 0.340. The van der Waals surface area contributed by atoms with Gasteiger partial charge in [-0.2, -0.15) is 17.6 Å². The van der Waals surface area contributed by atoms with Gasteiger partial charge in [0.25, 0.3) is 0 Å². The summed E-state index contributed by atoms with van der Waals surface area (Å²) in [7, 11) is -1.65. The Kier molecular flexibility index (Phi) is 4.50. The molecule has 0 N–H and O–H groups in total. The molecule has 1 atom stereocenters. The van der Waals surface area contributed by atoms with Gasteiger partial charge in [0.05, 0.1) is 10.3 Å². The standard InChI is InChI=1S/C12H13F4NOS/c1-11(2,3)19(18)17-7-8-5-4-6-9(10(8)13)12(14,15)16/h4-7H,1-3H3/t19-/m1/s1. The number of hydrogen-bond acceptors (Lipinski definition) is 1. The van der Waals surface area contributed by atoms with Crippen molar-refractivity contribution in [2.24, 2.45) is 4.40 Å². The first kappa shape index (κ1) is 15.8. The summed E-state index contributed by atoms with van der Waals surface area (Å²) in [5.74, 6) is -1.41. The Bertz CT molecular complexity index is 517. The number of hydrogen-bond donors (Lipinski definition) is 0. The zero-order valence-corrected chi connectivity index (χ0v) is 11.4. The van der Waals surface area contributed by atoms with Crippen LogP contribution < -0.4 is 0 Å². The topological polar surface area (TPSA) is 29.4 Å². The number of benzene rings is 1. The molecule has 0 saturated heterocycles. The normalized spacial score (nSPS) is 14.9. The highest BCUT2D eigenvalue weighted by molar-refractivity contribution is 7.85. The van der Waals surface area contributed by atoms with Crippen molar-refractivity contribution in [3.63, 3.8) is 0 Å². The monoisotopic (exact) mass is 295 g/mol. The molecule has 7 heteroatoms. The third-order valence-corrected chi connectivity index (χ3v) is 3.49. The lowest BCUT2D eigenvalue weighted by atomic mass is 10.1. The van der Waals surface area contributed by atoms with Crippen molar-refractivity contribution in [2.45, 2.75) is 31.7 Å².